The van der Waals surface area contributed by atoms with Crippen LogP contribution in [0.1, 0.15) is 12.8 Å². The molecule has 0 saturated carbocycles. The van der Waals surface area contributed by atoms with Crippen LogP contribution in [0.4, 0.5) is 19.0 Å². The lowest BCUT2D eigenvalue weighted by Gasteiger charge is -2.19. The summed E-state index contributed by atoms with van der Waals surface area (Å²) in [7, 11) is 0. The van der Waals surface area contributed by atoms with Gasteiger partial charge in [-0.05, 0) is 31.0 Å². The molecule has 0 amide bonds. The molecule has 0 unspecified atom stereocenters. The van der Waals surface area contributed by atoms with Crippen LogP contribution in [0.15, 0.2) is 33.9 Å². The highest BCUT2D eigenvalue weighted by molar-refractivity contribution is 5.78. The van der Waals surface area contributed by atoms with Crippen LogP contribution in [0.3, 0.4) is 0 Å². The molecule has 1 fully saturated rings. The average Bonchev–Trinajstić information content (AvgIpc) is 3.16. The SMILES string of the molecule is O=c1c2cc(F)c(N3CCCC3)nc2n(-c2ccc(F)cc2F)c(=O)n1O. The minimum absolute atomic E-state index is 0.0780. The number of rotatable bonds is 2. The smallest absolute Gasteiger partial charge is 0.370 e. The first kappa shape index (κ1) is 17.1. The molecule has 4 rings (SSSR count). The van der Waals surface area contributed by atoms with E-state index < -0.39 is 39.8 Å². The van der Waals surface area contributed by atoms with Gasteiger partial charge in [0.2, 0.25) is 0 Å². The lowest BCUT2D eigenvalue weighted by molar-refractivity contribution is 0.160. The van der Waals surface area contributed by atoms with E-state index in [9.17, 15) is 28.0 Å². The molecule has 0 atom stereocenters. The van der Waals surface area contributed by atoms with E-state index in [1.807, 2.05) is 0 Å². The van der Waals surface area contributed by atoms with Gasteiger partial charge >= 0.3 is 5.69 Å². The molecule has 1 N–H and O–H groups in total. The molecular formula is C17H13F3N4O3. The standard InChI is InChI=1S/C17H13F3N4O3/c18-9-3-4-13(11(19)7-9)23-14-10(16(25)24(27)17(23)26)8-12(20)15(21-14)22-5-1-2-6-22/h3-4,7-8,27H,1-2,5-6H2. The van der Waals surface area contributed by atoms with Crippen molar-refractivity contribution in [2.24, 2.45) is 0 Å². The molecule has 7 nitrogen and oxygen atoms in total. The fraction of sp³-hybridized carbons (Fsp3) is 0.235. The van der Waals surface area contributed by atoms with Gasteiger partial charge < -0.3 is 10.1 Å². The Morgan fingerprint density at radius 2 is 1.70 bits per heavy atom. The van der Waals surface area contributed by atoms with Crippen LogP contribution >= 0.6 is 0 Å². The molecule has 1 aliphatic heterocycles. The lowest BCUT2D eigenvalue weighted by atomic mass is 10.2. The van der Waals surface area contributed by atoms with E-state index >= 15 is 0 Å². The third-order valence-electron chi connectivity index (χ3n) is 4.50. The van der Waals surface area contributed by atoms with Gasteiger partial charge in [-0.3, -0.25) is 4.79 Å². The fourth-order valence-electron chi connectivity index (χ4n) is 3.21. The van der Waals surface area contributed by atoms with Crippen LogP contribution in [0.25, 0.3) is 16.7 Å². The van der Waals surface area contributed by atoms with Crippen molar-refractivity contribution < 1.29 is 18.4 Å². The van der Waals surface area contributed by atoms with Gasteiger partial charge in [0, 0.05) is 19.2 Å². The summed E-state index contributed by atoms with van der Waals surface area (Å²) in [6.45, 7) is 1.09. The number of hydrogen-bond donors (Lipinski definition) is 1. The van der Waals surface area contributed by atoms with Gasteiger partial charge in [0.25, 0.3) is 5.56 Å². The topological polar surface area (TPSA) is 80.4 Å². The summed E-state index contributed by atoms with van der Waals surface area (Å²) >= 11 is 0. The van der Waals surface area contributed by atoms with E-state index in [1.165, 1.54) is 0 Å². The van der Waals surface area contributed by atoms with Crippen LogP contribution in [0.2, 0.25) is 0 Å². The van der Waals surface area contributed by atoms with E-state index in [1.54, 1.807) is 4.90 Å². The summed E-state index contributed by atoms with van der Waals surface area (Å²) in [5, 5.41) is 9.36. The van der Waals surface area contributed by atoms with Crippen molar-refractivity contribution in [2.45, 2.75) is 12.8 Å². The van der Waals surface area contributed by atoms with Gasteiger partial charge in [-0.2, -0.15) is 0 Å². The number of halogens is 3. The summed E-state index contributed by atoms with van der Waals surface area (Å²) in [4.78, 5) is 30.3. The van der Waals surface area contributed by atoms with Crippen molar-refractivity contribution in [3.05, 3.63) is 62.6 Å². The normalized spacial score (nSPS) is 14.3. The quantitative estimate of drug-likeness (QED) is 0.688. The minimum atomic E-state index is -1.30. The van der Waals surface area contributed by atoms with Gasteiger partial charge in [-0.15, -0.1) is 0 Å². The maximum atomic E-state index is 14.5. The molecule has 1 saturated heterocycles. The minimum Gasteiger partial charge on any atom is -0.421 e. The van der Waals surface area contributed by atoms with Crippen LogP contribution < -0.4 is 16.1 Å². The van der Waals surface area contributed by atoms with E-state index in [2.05, 4.69) is 4.98 Å². The molecule has 10 heteroatoms. The van der Waals surface area contributed by atoms with Crippen LogP contribution in [0.5, 0.6) is 0 Å². The zero-order valence-corrected chi connectivity index (χ0v) is 13.8. The largest absolute Gasteiger partial charge is 0.421 e. The Kier molecular flexibility index (Phi) is 3.90. The highest BCUT2D eigenvalue weighted by Crippen LogP contribution is 2.25. The summed E-state index contributed by atoms with van der Waals surface area (Å²) in [5.41, 5.74) is -3.25. The first-order chi connectivity index (χ1) is 12.9. The molecule has 1 aliphatic rings. The number of hydrogen-bond acceptors (Lipinski definition) is 5. The first-order valence-electron chi connectivity index (χ1n) is 8.16. The monoisotopic (exact) mass is 378 g/mol. The van der Waals surface area contributed by atoms with Crippen LogP contribution in [-0.4, -0.2) is 32.6 Å². The number of fused-ring (bicyclic) bond motifs is 1. The van der Waals surface area contributed by atoms with E-state index in [0.717, 1.165) is 31.0 Å². The zero-order valence-electron chi connectivity index (χ0n) is 13.8. The Bertz CT molecular complexity index is 1180. The van der Waals surface area contributed by atoms with Crippen molar-refractivity contribution in [1.29, 1.82) is 0 Å². The highest BCUT2D eigenvalue weighted by atomic mass is 19.1. The van der Waals surface area contributed by atoms with Crippen molar-refractivity contribution in [1.82, 2.24) is 14.3 Å². The second-order valence-electron chi connectivity index (χ2n) is 6.19. The van der Waals surface area contributed by atoms with Gasteiger partial charge in [0.15, 0.2) is 17.3 Å². The molecule has 0 spiro atoms. The third kappa shape index (κ3) is 2.64. The predicted molar refractivity (Wildman–Crippen MR) is 90.1 cm³/mol. The Balaban J connectivity index is 2.11. The Morgan fingerprint density at radius 1 is 1.00 bits per heavy atom. The number of anilines is 1. The molecule has 0 bridgehead atoms. The Hall–Kier alpha value is -3.30. The van der Waals surface area contributed by atoms with Crippen molar-refractivity contribution in [3.63, 3.8) is 0 Å². The predicted octanol–water partition coefficient (Wildman–Crippen LogP) is 1.80. The maximum Gasteiger partial charge on any atom is 0.370 e. The molecule has 0 radical (unpaired) electrons. The lowest BCUT2D eigenvalue weighted by Crippen LogP contribution is -2.39. The second kappa shape index (κ2) is 6.15. The molecule has 1 aromatic carbocycles. The van der Waals surface area contributed by atoms with Gasteiger partial charge in [-0.1, -0.05) is 4.73 Å². The van der Waals surface area contributed by atoms with Gasteiger partial charge in [0.1, 0.15) is 11.6 Å². The summed E-state index contributed by atoms with van der Waals surface area (Å²) in [6, 6.07) is 3.28. The van der Waals surface area contributed by atoms with Crippen molar-refractivity contribution in [3.8, 4) is 5.69 Å². The molecule has 27 heavy (non-hydrogen) atoms. The summed E-state index contributed by atoms with van der Waals surface area (Å²) in [6.07, 6.45) is 1.66. The molecule has 3 heterocycles. The average molecular weight is 378 g/mol. The molecule has 3 aromatic rings. The van der Waals surface area contributed by atoms with Crippen molar-refractivity contribution >= 4 is 16.9 Å². The number of nitrogens with zero attached hydrogens (tertiary/aromatic N) is 4. The molecular weight excluding hydrogens is 365 g/mol. The van der Waals surface area contributed by atoms with Crippen LogP contribution in [0, 0.1) is 17.5 Å². The Labute approximate surface area is 149 Å². The molecule has 0 aliphatic carbocycles. The number of benzene rings is 1. The van der Waals surface area contributed by atoms with E-state index in [-0.39, 0.29) is 16.2 Å². The van der Waals surface area contributed by atoms with Crippen LogP contribution in [-0.2, 0) is 0 Å². The molecule has 140 valence electrons. The summed E-state index contributed by atoms with van der Waals surface area (Å²) < 4.78 is 42.4. The number of pyridine rings is 1. The fourth-order valence-corrected chi connectivity index (χ4v) is 3.21. The van der Waals surface area contributed by atoms with Gasteiger partial charge in [0.05, 0.1) is 11.1 Å². The molecule has 2 aromatic heterocycles. The summed E-state index contributed by atoms with van der Waals surface area (Å²) in [5.74, 6) is -2.86. The number of aromatic nitrogens is 3. The highest BCUT2D eigenvalue weighted by Gasteiger charge is 2.23. The van der Waals surface area contributed by atoms with Gasteiger partial charge in [-0.25, -0.2) is 27.5 Å². The second-order valence-corrected chi connectivity index (χ2v) is 6.19. The zero-order chi connectivity index (χ0) is 19.3. The Morgan fingerprint density at radius 3 is 2.37 bits per heavy atom. The van der Waals surface area contributed by atoms with E-state index in [0.29, 0.717) is 23.7 Å². The first-order valence-corrected chi connectivity index (χ1v) is 8.16. The maximum absolute atomic E-state index is 14.5. The van der Waals surface area contributed by atoms with E-state index in [4.69, 9.17) is 0 Å². The van der Waals surface area contributed by atoms with Crippen molar-refractivity contribution in [2.75, 3.05) is 18.0 Å². The third-order valence-corrected chi connectivity index (χ3v) is 4.50.